The van der Waals surface area contributed by atoms with E-state index in [-0.39, 0.29) is 0 Å². The molecule has 0 aromatic rings. The van der Waals surface area contributed by atoms with Gasteiger partial charge in [-0.25, -0.2) is 0 Å². The summed E-state index contributed by atoms with van der Waals surface area (Å²) in [6.07, 6.45) is -24.3. The van der Waals surface area contributed by atoms with Crippen LogP contribution in [0.5, 0.6) is 0 Å². The van der Waals surface area contributed by atoms with Gasteiger partial charge in [-0.05, 0) is 0 Å². The normalized spacial score (nSPS) is 16.8. The Morgan fingerprint density at radius 2 is 0.387 bits per heavy atom. The van der Waals surface area contributed by atoms with Gasteiger partial charge in [-0.1, -0.05) is 0 Å². The molecule has 0 aliphatic rings. The molecule has 0 heterocycles. The number of alkyl halides is 21. The van der Waals surface area contributed by atoms with Crippen LogP contribution in [0, 0.1) is 5.92 Å². The minimum absolute atomic E-state index is 6.68. The van der Waals surface area contributed by atoms with Crippen LogP contribution in [0.3, 0.4) is 0 Å². The fourth-order valence-electron chi connectivity index (χ4n) is 1.60. The van der Waals surface area contributed by atoms with Gasteiger partial charge in [-0.2, -0.15) is 92.2 Å². The molecule has 0 saturated carbocycles. The molecular formula is C10F21. The van der Waals surface area contributed by atoms with Crippen LogP contribution in [0.2, 0.25) is 0 Å². The second kappa shape index (κ2) is 7.01. The number of hydrogen-bond acceptors (Lipinski definition) is 0. The van der Waals surface area contributed by atoms with E-state index < -0.39 is 60.0 Å². The molecule has 0 aliphatic heterocycles. The Labute approximate surface area is 153 Å². The fourth-order valence-corrected chi connectivity index (χ4v) is 1.60. The topological polar surface area (TPSA) is 0 Å². The molecule has 0 rings (SSSR count). The molecular weight excluding hydrogens is 519 g/mol. The molecule has 0 saturated heterocycles. The quantitative estimate of drug-likeness (QED) is 0.330. The zero-order valence-electron chi connectivity index (χ0n) is 12.9. The predicted octanol–water partition coefficient (Wildman–Crippen LogP) is 7.06. The van der Waals surface area contributed by atoms with E-state index in [1.807, 2.05) is 0 Å². The highest BCUT2D eigenvalue weighted by Gasteiger charge is 2.94. The summed E-state index contributed by atoms with van der Waals surface area (Å²) in [5.41, 5.74) is 0. The molecule has 0 unspecified atom stereocenters. The van der Waals surface area contributed by atoms with Crippen LogP contribution in [-0.4, -0.2) is 54.1 Å². The van der Waals surface area contributed by atoms with Crippen molar-refractivity contribution in [1.82, 2.24) is 0 Å². The molecule has 0 nitrogen and oxygen atoms in total. The van der Waals surface area contributed by atoms with Crippen molar-refractivity contribution in [2.45, 2.75) is 54.1 Å². The van der Waals surface area contributed by atoms with Crippen LogP contribution in [-0.2, 0) is 0 Å². The number of halogens is 21. The Morgan fingerprint density at radius 3 is 0.484 bits per heavy atom. The predicted molar refractivity (Wildman–Crippen MR) is 51.1 cm³/mol. The first-order valence-corrected chi connectivity index (χ1v) is 6.22. The van der Waals surface area contributed by atoms with Crippen molar-refractivity contribution in [3.63, 3.8) is 0 Å². The molecule has 21 heteroatoms. The Bertz CT molecular complexity index is 550. The maximum atomic E-state index is 13.3. The van der Waals surface area contributed by atoms with Gasteiger partial charge in [0.2, 0.25) is 5.92 Å². The van der Waals surface area contributed by atoms with Crippen molar-refractivity contribution in [2.24, 2.45) is 0 Å². The van der Waals surface area contributed by atoms with Crippen molar-refractivity contribution < 1.29 is 92.2 Å². The first-order valence-electron chi connectivity index (χ1n) is 6.22. The Kier molecular flexibility index (Phi) is 6.68. The van der Waals surface area contributed by atoms with Crippen LogP contribution in [0.25, 0.3) is 0 Å². The van der Waals surface area contributed by atoms with Crippen LogP contribution < -0.4 is 0 Å². The molecule has 0 N–H and O–H groups in total. The van der Waals surface area contributed by atoms with Gasteiger partial charge in [0.15, 0.2) is 0 Å². The van der Waals surface area contributed by atoms with E-state index in [0.29, 0.717) is 0 Å². The highest BCUT2D eigenvalue weighted by atomic mass is 19.4. The van der Waals surface area contributed by atoms with Gasteiger partial charge in [0.05, 0.1) is 0 Å². The monoisotopic (exact) mass is 519 g/mol. The van der Waals surface area contributed by atoms with Gasteiger partial charge in [-0.15, -0.1) is 0 Å². The first kappa shape index (κ1) is 29.5. The van der Waals surface area contributed by atoms with Crippen LogP contribution in [0.15, 0.2) is 0 Å². The van der Waals surface area contributed by atoms with Crippen LogP contribution >= 0.6 is 0 Å². The van der Waals surface area contributed by atoms with Gasteiger partial charge in [0.25, 0.3) is 0 Å². The van der Waals surface area contributed by atoms with E-state index in [4.69, 9.17) is 0 Å². The number of rotatable bonds is 6. The van der Waals surface area contributed by atoms with E-state index in [1.54, 1.807) is 0 Å². The molecule has 0 amide bonds. The zero-order valence-corrected chi connectivity index (χ0v) is 12.9. The third-order valence-electron chi connectivity index (χ3n) is 3.19. The molecule has 31 heavy (non-hydrogen) atoms. The molecule has 0 aromatic carbocycles. The lowest BCUT2D eigenvalue weighted by molar-refractivity contribution is -0.414. The molecule has 0 aromatic heterocycles. The average molecular weight is 519 g/mol. The van der Waals surface area contributed by atoms with E-state index in [2.05, 4.69) is 0 Å². The van der Waals surface area contributed by atoms with Gasteiger partial charge in [0.1, 0.15) is 0 Å². The fraction of sp³-hybridized carbons (Fsp3) is 0.900. The van der Waals surface area contributed by atoms with Crippen molar-refractivity contribution >= 4 is 0 Å². The summed E-state index contributed by atoms with van der Waals surface area (Å²) in [5.74, 6) is -59.1. The largest absolute Gasteiger partial charge is 0.459 e. The Balaban J connectivity index is 7.52. The SMILES string of the molecule is FC(F)(F)C(F)(F)C(F)(F)[C](C(F)(F)C(F)(F)C(F)(F)F)C(F)(F)C(F)(F)C(F)(F)F. The third kappa shape index (κ3) is 4.04. The summed E-state index contributed by atoms with van der Waals surface area (Å²) in [6, 6.07) is 0. The van der Waals surface area contributed by atoms with E-state index >= 15 is 0 Å². The Hall–Kier alpha value is -1.47. The minimum atomic E-state index is -8.89. The molecule has 0 fully saturated rings. The lowest BCUT2D eigenvalue weighted by atomic mass is 9.78. The van der Waals surface area contributed by atoms with Crippen LogP contribution in [0.1, 0.15) is 0 Å². The maximum absolute atomic E-state index is 13.3. The van der Waals surface area contributed by atoms with Gasteiger partial charge in [0, 0.05) is 0 Å². The Morgan fingerprint density at radius 1 is 0.258 bits per heavy atom. The van der Waals surface area contributed by atoms with Crippen molar-refractivity contribution in [1.29, 1.82) is 0 Å². The smallest absolute Gasteiger partial charge is 0.198 e. The molecule has 0 atom stereocenters. The van der Waals surface area contributed by atoms with Gasteiger partial charge in [-0.3, -0.25) is 0 Å². The summed E-state index contributed by atoms with van der Waals surface area (Å²) in [7, 11) is 0. The van der Waals surface area contributed by atoms with Crippen LogP contribution in [0.4, 0.5) is 92.2 Å². The van der Waals surface area contributed by atoms with Crippen molar-refractivity contribution in [2.75, 3.05) is 0 Å². The second-order valence-electron chi connectivity index (χ2n) is 5.31. The summed E-state index contributed by atoms with van der Waals surface area (Å²) in [6.45, 7) is 0. The summed E-state index contributed by atoms with van der Waals surface area (Å²) in [5, 5.41) is 0. The van der Waals surface area contributed by atoms with Crippen molar-refractivity contribution in [3.8, 4) is 0 Å². The lowest BCUT2D eigenvalue weighted by Crippen LogP contribution is -2.72. The highest BCUT2D eigenvalue weighted by molar-refractivity contribution is 5.32. The van der Waals surface area contributed by atoms with Crippen molar-refractivity contribution in [3.05, 3.63) is 5.92 Å². The standard InChI is InChI=1S/C10F21/c11-2(12,5(17,18)8(23,24)25)1(3(13,14)6(19,20)9(26,27)28)4(15,16)7(21,22)10(29,30)31. The number of hydrogen-bond donors (Lipinski definition) is 0. The second-order valence-corrected chi connectivity index (χ2v) is 5.31. The molecule has 0 spiro atoms. The first-order chi connectivity index (χ1) is 12.9. The van der Waals surface area contributed by atoms with Gasteiger partial charge < -0.3 is 0 Å². The average Bonchev–Trinajstić information content (AvgIpc) is 2.41. The maximum Gasteiger partial charge on any atom is 0.459 e. The zero-order chi connectivity index (χ0) is 26.1. The lowest BCUT2D eigenvalue weighted by Gasteiger charge is -2.44. The highest BCUT2D eigenvalue weighted by Crippen LogP contribution is 2.66. The molecule has 1 radical (unpaired) electrons. The minimum Gasteiger partial charge on any atom is -0.198 e. The molecule has 0 aliphatic carbocycles. The summed E-state index contributed by atoms with van der Waals surface area (Å²) >= 11 is 0. The van der Waals surface area contributed by atoms with E-state index in [9.17, 15) is 92.2 Å². The van der Waals surface area contributed by atoms with Gasteiger partial charge >= 0.3 is 54.1 Å². The van der Waals surface area contributed by atoms with E-state index in [0.717, 1.165) is 0 Å². The summed E-state index contributed by atoms with van der Waals surface area (Å²) < 4.78 is 264. The summed E-state index contributed by atoms with van der Waals surface area (Å²) in [4.78, 5) is 0. The third-order valence-corrected chi connectivity index (χ3v) is 3.19. The molecule has 187 valence electrons. The van der Waals surface area contributed by atoms with E-state index in [1.165, 1.54) is 0 Å². The molecule has 0 bridgehead atoms.